The van der Waals surface area contributed by atoms with Gasteiger partial charge in [-0.15, -0.1) is 0 Å². The van der Waals surface area contributed by atoms with Crippen molar-refractivity contribution in [2.75, 3.05) is 30.4 Å². The van der Waals surface area contributed by atoms with Crippen molar-refractivity contribution in [1.82, 2.24) is 0 Å². The molecule has 1 aromatic carbocycles. The predicted molar refractivity (Wildman–Crippen MR) is 61.9 cm³/mol. The number of benzene rings is 1. The molecule has 15 heavy (non-hydrogen) atoms. The monoisotopic (exact) mass is 204 g/mol. The summed E-state index contributed by atoms with van der Waals surface area (Å²) in [5.41, 5.74) is 2.47. The Morgan fingerprint density at radius 2 is 2.40 bits per heavy atom. The second-order valence-electron chi connectivity index (χ2n) is 4.23. The first-order valence-electron chi connectivity index (χ1n) is 5.57. The van der Waals surface area contributed by atoms with Crippen molar-refractivity contribution in [3.63, 3.8) is 0 Å². The molecule has 1 fully saturated rings. The number of para-hydroxylation sites is 1. The topological polar surface area (TPSA) is 24.5 Å². The Labute approximate surface area is 90.0 Å². The number of anilines is 2. The zero-order chi connectivity index (χ0) is 10.3. The first-order valence-corrected chi connectivity index (χ1v) is 5.57. The summed E-state index contributed by atoms with van der Waals surface area (Å²) in [5, 5.41) is 3.49. The second kappa shape index (κ2) is 3.33. The number of nitrogens with one attached hydrogen (secondary N) is 1. The minimum Gasteiger partial charge on any atom is -0.495 e. The van der Waals surface area contributed by atoms with E-state index in [0.29, 0.717) is 6.04 Å². The molecule has 0 aliphatic carbocycles. The highest BCUT2D eigenvalue weighted by Crippen LogP contribution is 2.42. The van der Waals surface area contributed by atoms with Crippen LogP contribution in [-0.4, -0.2) is 26.2 Å². The first kappa shape index (κ1) is 8.89. The molecule has 1 unspecified atom stereocenters. The molecule has 0 spiro atoms. The minimum absolute atomic E-state index is 0.661. The van der Waals surface area contributed by atoms with Crippen LogP contribution in [0.5, 0.6) is 5.75 Å². The van der Waals surface area contributed by atoms with Gasteiger partial charge in [-0.1, -0.05) is 6.07 Å². The summed E-state index contributed by atoms with van der Waals surface area (Å²) < 4.78 is 5.44. The maximum Gasteiger partial charge on any atom is 0.144 e. The number of ether oxygens (including phenoxy) is 1. The highest BCUT2D eigenvalue weighted by molar-refractivity contribution is 5.79. The van der Waals surface area contributed by atoms with Crippen molar-refractivity contribution < 1.29 is 4.74 Å². The molecule has 2 aliphatic heterocycles. The lowest BCUT2D eigenvalue weighted by molar-refractivity contribution is 0.413. The van der Waals surface area contributed by atoms with Crippen molar-refractivity contribution in [3.05, 3.63) is 18.2 Å². The number of rotatable bonds is 1. The van der Waals surface area contributed by atoms with Crippen LogP contribution in [0, 0.1) is 0 Å². The highest BCUT2D eigenvalue weighted by atomic mass is 16.5. The average Bonchev–Trinajstić information content (AvgIpc) is 2.76. The lowest BCUT2D eigenvalue weighted by Gasteiger charge is -2.35. The van der Waals surface area contributed by atoms with Gasteiger partial charge in [-0.3, -0.25) is 0 Å². The van der Waals surface area contributed by atoms with Gasteiger partial charge in [0.15, 0.2) is 0 Å². The highest BCUT2D eigenvalue weighted by Gasteiger charge is 2.31. The van der Waals surface area contributed by atoms with E-state index in [9.17, 15) is 0 Å². The van der Waals surface area contributed by atoms with E-state index in [1.165, 1.54) is 30.8 Å². The standard InChI is InChI=1S/C12H16N2O/c1-15-11-6-2-5-10-12(11)14-7-3-4-9(14)8-13-10/h2,5-6,9,13H,3-4,7-8H2,1H3. The lowest BCUT2D eigenvalue weighted by atomic mass is 10.1. The Bertz CT molecular complexity index is 364. The molecule has 1 aromatic rings. The Morgan fingerprint density at radius 3 is 3.27 bits per heavy atom. The van der Waals surface area contributed by atoms with Gasteiger partial charge in [-0.05, 0) is 25.0 Å². The van der Waals surface area contributed by atoms with E-state index >= 15 is 0 Å². The fourth-order valence-electron chi connectivity index (χ4n) is 2.70. The number of methoxy groups -OCH3 is 1. The predicted octanol–water partition coefficient (Wildman–Crippen LogP) is 2.09. The average molecular weight is 204 g/mol. The molecule has 0 amide bonds. The van der Waals surface area contributed by atoms with Gasteiger partial charge < -0.3 is 15.0 Å². The largest absolute Gasteiger partial charge is 0.495 e. The molecule has 3 rings (SSSR count). The van der Waals surface area contributed by atoms with Gasteiger partial charge >= 0.3 is 0 Å². The zero-order valence-corrected chi connectivity index (χ0v) is 8.99. The van der Waals surface area contributed by atoms with E-state index in [0.717, 1.165) is 12.3 Å². The van der Waals surface area contributed by atoms with Crippen molar-refractivity contribution in [2.24, 2.45) is 0 Å². The molecular weight excluding hydrogens is 188 g/mol. The van der Waals surface area contributed by atoms with Gasteiger partial charge in [0.2, 0.25) is 0 Å². The van der Waals surface area contributed by atoms with Gasteiger partial charge in [-0.25, -0.2) is 0 Å². The SMILES string of the molecule is COc1cccc2c1N1CCCC1CN2. The van der Waals surface area contributed by atoms with E-state index in [2.05, 4.69) is 16.3 Å². The van der Waals surface area contributed by atoms with Crippen molar-refractivity contribution >= 4 is 11.4 Å². The van der Waals surface area contributed by atoms with E-state index in [1.54, 1.807) is 7.11 Å². The van der Waals surface area contributed by atoms with Gasteiger partial charge in [0.25, 0.3) is 0 Å². The number of hydrogen-bond acceptors (Lipinski definition) is 3. The summed E-state index contributed by atoms with van der Waals surface area (Å²) in [5.74, 6) is 0.992. The summed E-state index contributed by atoms with van der Waals surface area (Å²) in [4.78, 5) is 2.49. The van der Waals surface area contributed by atoms with Crippen LogP contribution < -0.4 is 15.0 Å². The zero-order valence-electron chi connectivity index (χ0n) is 8.99. The molecule has 2 aliphatic rings. The first-order chi connectivity index (χ1) is 7.40. The number of hydrogen-bond donors (Lipinski definition) is 1. The Morgan fingerprint density at radius 1 is 1.47 bits per heavy atom. The molecule has 1 N–H and O–H groups in total. The van der Waals surface area contributed by atoms with E-state index in [1.807, 2.05) is 12.1 Å². The fourth-order valence-corrected chi connectivity index (χ4v) is 2.70. The smallest absolute Gasteiger partial charge is 0.144 e. The van der Waals surface area contributed by atoms with Crippen LogP contribution in [0.15, 0.2) is 18.2 Å². The molecule has 0 saturated carbocycles. The number of nitrogens with zero attached hydrogens (tertiary/aromatic N) is 1. The van der Waals surface area contributed by atoms with Gasteiger partial charge in [0, 0.05) is 19.1 Å². The summed E-state index contributed by atoms with van der Waals surface area (Å²) >= 11 is 0. The molecular formula is C12H16N2O. The van der Waals surface area contributed by atoms with Crippen LogP contribution in [0.3, 0.4) is 0 Å². The van der Waals surface area contributed by atoms with Crippen molar-refractivity contribution in [3.8, 4) is 5.75 Å². The Kier molecular flexibility index (Phi) is 1.97. The fraction of sp³-hybridized carbons (Fsp3) is 0.500. The molecule has 0 bridgehead atoms. The third kappa shape index (κ3) is 1.26. The lowest BCUT2D eigenvalue weighted by Crippen LogP contribution is -2.39. The molecule has 3 nitrogen and oxygen atoms in total. The quantitative estimate of drug-likeness (QED) is 0.758. The van der Waals surface area contributed by atoms with Gasteiger partial charge in [-0.2, -0.15) is 0 Å². The molecule has 1 saturated heterocycles. The van der Waals surface area contributed by atoms with Crippen molar-refractivity contribution in [2.45, 2.75) is 18.9 Å². The second-order valence-corrected chi connectivity index (χ2v) is 4.23. The van der Waals surface area contributed by atoms with Gasteiger partial charge in [0.05, 0.1) is 12.8 Å². The van der Waals surface area contributed by atoms with Crippen LogP contribution in [0.2, 0.25) is 0 Å². The molecule has 1 atom stereocenters. The summed E-state index contributed by atoms with van der Waals surface area (Å²) in [6.45, 7) is 2.24. The summed E-state index contributed by atoms with van der Waals surface area (Å²) in [6.07, 6.45) is 2.59. The molecule has 2 heterocycles. The molecule has 0 aromatic heterocycles. The third-order valence-electron chi connectivity index (χ3n) is 3.41. The van der Waals surface area contributed by atoms with Crippen LogP contribution in [0.1, 0.15) is 12.8 Å². The summed E-state index contributed by atoms with van der Waals surface area (Å²) in [7, 11) is 1.75. The maximum absolute atomic E-state index is 5.44. The van der Waals surface area contributed by atoms with Crippen LogP contribution in [-0.2, 0) is 0 Å². The third-order valence-corrected chi connectivity index (χ3v) is 3.41. The van der Waals surface area contributed by atoms with Crippen LogP contribution >= 0.6 is 0 Å². The normalized spacial score (nSPS) is 23.0. The van der Waals surface area contributed by atoms with E-state index < -0.39 is 0 Å². The molecule has 3 heteroatoms. The van der Waals surface area contributed by atoms with Crippen LogP contribution in [0.25, 0.3) is 0 Å². The van der Waals surface area contributed by atoms with E-state index in [-0.39, 0.29) is 0 Å². The van der Waals surface area contributed by atoms with E-state index in [4.69, 9.17) is 4.74 Å². The Hall–Kier alpha value is -1.38. The van der Waals surface area contributed by atoms with Crippen molar-refractivity contribution in [1.29, 1.82) is 0 Å². The Balaban J connectivity index is 2.10. The maximum atomic E-state index is 5.44. The summed E-state index contributed by atoms with van der Waals surface area (Å²) in [6, 6.07) is 6.88. The molecule has 0 radical (unpaired) electrons. The van der Waals surface area contributed by atoms with Gasteiger partial charge in [0.1, 0.15) is 11.4 Å². The minimum atomic E-state index is 0.661. The molecule has 80 valence electrons. The van der Waals surface area contributed by atoms with Crippen LogP contribution in [0.4, 0.5) is 11.4 Å². The number of fused-ring (bicyclic) bond motifs is 3.